The standard InChI is InChI=1S/C15H21NO2/c1-9(2)7-10-3-5-11(6-4-10)14(16)12-8-13(12)15(17)18/h3-6,9,12-14H,7-8,16H2,1-2H3,(H,17,18). The zero-order chi connectivity index (χ0) is 13.3. The van der Waals surface area contributed by atoms with Gasteiger partial charge in [-0.05, 0) is 35.8 Å². The third kappa shape index (κ3) is 2.91. The van der Waals surface area contributed by atoms with Gasteiger partial charge in [-0.2, -0.15) is 0 Å². The van der Waals surface area contributed by atoms with E-state index in [1.807, 2.05) is 12.1 Å². The lowest BCUT2D eigenvalue weighted by Gasteiger charge is -2.12. The lowest BCUT2D eigenvalue weighted by Crippen LogP contribution is -2.15. The summed E-state index contributed by atoms with van der Waals surface area (Å²) in [4.78, 5) is 10.8. The average Bonchev–Trinajstić information content (AvgIpc) is 3.08. The zero-order valence-electron chi connectivity index (χ0n) is 11.0. The highest BCUT2D eigenvalue weighted by Gasteiger charge is 2.47. The Kier molecular flexibility index (Phi) is 3.71. The topological polar surface area (TPSA) is 63.3 Å². The molecule has 1 aromatic carbocycles. The normalized spacial score (nSPS) is 24.0. The van der Waals surface area contributed by atoms with Gasteiger partial charge in [0.15, 0.2) is 0 Å². The molecule has 0 radical (unpaired) electrons. The molecular formula is C15H21NO2. The van der Waals surface area contributed by atoms with Gasteiger partial charge in [0.2, 0.25) is 0 Å². The van der Waals surface area contributed by atoms with Gasteiger partial charge in [0.05, 0.1) is 5.92 Å². The summed E-state index contributed by atoms with van der Waals surface area (Å²) in [7, 11) is 0. The van der Waals surface area contributed by atoms with Crippen molar-refractivity contribution in [2.24, 2.45) is 23.5 Å². The minimum Gasteiger partial charge on any atom is -0.481 e. The maximum atomic E-state index is 10.8. The Bertz CT molecular complexity index is 425. The van der Waals surface area contributed by atoms with Crippen LogP contribution in [0.25, 0.3) is 0 Å². The van der Waals surface area contributed by atoms with Gasteiger partial charge in [0, 0.05) is 6.04 Å². The molecule has 1 fully saturated rings. The summed E-state index contributed by atoms with van der Waals surface area (Å²) in [6, 6.07) is 8.15. The van der Waals surface area contributed by atoms with E-state index in [0.717, 1.165) is 12.0 Å². The molecule has 3 nitrogen and oxygen atoms in total. The first-order valence-electron chi connectivity index (χ1n) is 6.56. The van der Waals surface area contributed by atoms with Gasteiger partial charge in [-0.15, -0.1) is 0 Å². The highest BCUT2D eigenvalue weighted by Crippen LogP contribution is 2.46. The molecule has 1 saturated carbocycles. The number of carboxylic acids is 1. The number of carboxylic acid groups (broad SMARTS) is 1. The Balaban J connectivity index is 1.99. The third-order valence-electron chi connectivity index (χ3n) is 3.63. The smallest absolute Gasteiger partial charge is 0.306 e. The van der Waals surface area contributed by atoms with Crippen LogP contribution < -0.4 is 5.73 Å². The van der Waals surface area contributed by atoms with Crippen molar-refractivity contribution in [3.8, 4) is 0 Å². The Labute approximate surface area is 108 Å². The summed E-state index contributed by atoms with van der Waals surface area (Å²) in [5.74, 6) is -0.204. The van der Waals surface area contributed by atoms with Gasteiger partial charge >= 0.3 is 5.97 Å². The van der Waals surface area contributed by atoms with Crippen molar-refractivity contribution in [1.29, 1.82) is 0 Å². The third-order valence-corrected chi connectivity index (χ3v) is 3.63. The van der Waals surface area contributed by atoms with Crippen molar-refractivity contribution in [2.45, 2.75) is 32.7 Å². The van der Waals surface area contributed by atoms with E-state index in [2.05, 4.69) is 26.0 Å². The summed E-state index contributed by atoms with van der Waals surface area (Å²) in [5.41, 5.74) is 8.48. The van der Waals surface area contributed by atoms with Gasteiger partial charge in [-0.1, -0.05) is 38.1 Å². The van der Waals surface area contributed by atoms with Crippen molar-refractivity contribution >= 4 is 5.97 Å². The predicted molar refractivity (Wildman–Crippen MR) is 71.1 cm³/mol. The lowest BCUT2D eigenvalue weighted by atomic mass is 9.97. The SMILES string of the molecule is CC(C)Cc1ccc(C(N)C2CC2C(=O)O)cc1. The summed E-state index contributed by atoms with van der Waals surface area (Å²) < 4.78 is 0. The summed E-state index contributed by atoms with van der Waals surface area (Å²) in [6.07, 6.45) is 1.78. The van der Waals surface area contributed by atoms with Crippen molar-refractivity contribution in [3.63, 3.8) is 0 Å². The maximum absolute atomic E-state index is 10.8. The van der Waals surface area contributed by atoms with E-state index in [1.54, 1.807) is 0 Å². The molecule has 3 heteroatoms. The molecule has 3 unspecified atom stereocenters. The molecule has 0 bridgehead atoms. The van der Waals surface area contributed by atoms with Crippen molar-refractivity contribution in [1.82, 2.24) is 0 Å². The van der Waals surface area contributed by atoms with Crippen LogP contribution in [0.2, 0.25) is 0 Å². The first-order chi connectivity index (χ1) is 8.49. The molecule has 0 saturated heterocycles. The van der Waals surface area contributed by atoms with Gasteiger partial charge in [0.1, 0.15) is 0 Å². The fourth-order valence-corrected chi connectivity index (χ4v) is 2.49. The molecule has 3 atom stereocenters. The second-order valence-corrected chi connectivity index (χ2v) is 5.71. The van der Waals surface area contributed by atoms with E-state index in [-0.39, 0.29) is 17.9 Å². The van der Waals surface area contributed by atoms with Crippen LogP contribution >= 0.6 is 0 Å². The Hall–Kier alpha value is -1.35. The van der Waals surface area contributed by atoms with Crippen LogP contribution in [0.5, 0.6) is 0 Å². The van der Waals surface area contributed by atoms with Gasteiger partial charge in [0.25, 0.3) is 0 Å². The summed E-state index contributed by atoms with van der Waals surface area (Å²) in [5, 5.41) is 8.91. The fourth-order valence-electron chi connectivity index (χ4n) is 2.49. The number of nitrogens with two attached hydrogens (primary N) is 1. The van der Waals surface area contributed by atoms with Gasteiger partial charge < -0.3 is 10.8 Å². The number of hydrogen-bond donors (Lipinski definition) is 2. The van der Waals surface area contributed by atoms with Gasteiger partial charge in [-0.25, -0.2) is 0 Å². The van der Waals surface area contributed by atoms with E-state index in [1.165, 1.54) is 5.56 Å². The van der Waals surface area contributed by atoms with Crippen molar-refractivity contribution < 1.29 is 9.90 Å². The van der Waals surface area contributed by atoms with Crippen molar-refractivity contribution in [2.75, 3.05) is 0 Å². The minimum absolute atomic E-state index is 0.110. The Morgan fingerprint density at radius 3 is 2.44 bits per heavy atom. The zero-order valence-corrected chi connectivity index (χ0v) is 11.0. The molecule has 1 aliphatic carbocycles. The van der Waals surface area contributed by atoms with Crippen LogP contribution in [-0.2, 0) is 11.2 Å². The van der Waals surface area contributed by atoms with E-state index >= 15 is 0 Å². The quantitative estimate of drug-likeness (QED) is 0.840. The molecule has 3 N–H and O–H groups in total. The van der Waals surface area contributed by atoms with Crippen LogP contribution in [0.4, 0.5) is 0 Å². The first kappa shape index (κ1) is 13.1. The Morgan fingerprint density at radius 2 is 2.00 bits per heavy atom. The molecule has 1 aliphatic rings. The highest BCUT2D eigenvalue weighted by atomic mass is 16.4. The second-order valence-electron chi connectivity index (χ2n) is 5.71. The first-order valence-corrected chi connectivity index (χ1v) is 6.56. The molecule has 1 aromatic rings. The number of benzene rings is 1. The highest BCUT2D eigenvalue weighted by molar-refractivity contribution is 5.73. The molecular weight excluding hydrogens is 226 g/mol. The average molecular weight is 247 g/mol. The van der Waals surface area contributed by atoms with Crippen LogP contribution in [0.1, 0.15) is 37.4 Å². The minimum atomic E-state index is -0.716. The maximum Gasteiger partial charge on any atom is 0.306 e. The largest absolute Gasteiger partial charge is 0.481 e. The van der Waals surface area contributed by atoms with Crippen LogP contribution in [-0.4, -0.2) is 11.1 Å². The molecule has 2 rings (SSSR count). The molecule has 98 valence electrons. The molecule has 0 aromatic heterocycles. The Morgan fingerprint density at radius 1 is 1.39 bits per heavy atom. The van der Waals surface area contributed by atoms with E-state index in [4.69, 9.17) is 10.8 Å². The molecule has 0 amide bonds. The van der Waals surface area contributed by atoms with Crippen molar-refractivity contribution in [3.05, 3.63) is 35.4 Å². The monoisotopic (exact) mass is 247 g/mol. The predicted octanol–water partition coefficient (Wildman–Crippen LogP) is 2.61. The number of hydrogen-bond acceptors (Lipinski definition) is 2. The van der Waals surface area contributed by atoms with E-state index in [0.29, 0.717) is 12.3 Å². The second kappa shape index (κ2) is 5.11. The lowest BCUT2D eigenvalue weighted by molar-refractivity contribution is -0.138. The van der Waals surface area contributed by atoms with Crippen LogP contribution in [0.3, 0.4) is 0 Å². The summed E-state index contributed by atoms with van der Waals surface area (Å²) in [6.45, 7) is 4.39. The van der Waals surface area contributed by atoms with Gasteiger partial charge in [-0.3, -0.25) is 4.79 Å². The number of carbonyl (C=O) groups is 1. The fraction of sp³-hybridized carbons (Fsp3) is 0.533. The van der Waals surface area contributed by atoms with Crippen LogP contribution in [0.15, 0.2) is 24.3 Å². The molecule has 0 spiro atoms. The summed E-state index contributed by atoms with van der Waals surface area (Å²) >= 11 is 0. The number of rotatable bonds is 5. The molecule has 18 heavy (non-hydrogen) atoms. The molecule has 0 aliphatic heterocycles. The van der Waals surface area contributed by atoms with E-state index in [9.17, 15) is 4.79 Å². The molecule has 0 heterocycles. The van der Waals surface area contributed by atoms with Crippen LogP contribution in [0, 0.1) is 17.8 Å². The van der Waals surface area contributed by atoms with E-state index < -0.39 is 5.97 Å². The number of aliphatic carboxylic acids is 1.